The molecule has 2 rings (SSSR count). The average molecular weight is 345 g/mol. The summed E-state index contributed by atoms with van der Waals surface area (Å²) in [6.07, 6.45) is 1.58. The number of benzene rings is 2. The molecule has 1 amide bonds. The number of hydrogen-bond acceptors (Lipinski definition) is 3. The fourth-order valence-corrected chi connectivity index (χ4v) is 2.20. The molecule has 132 valence electrons. The van der Waals surface area contributed by atoms with Gasteiger partial charge in [-0.15, -0.1) is 0 Å². The van der Waals surface area contributed by atoms with E-state index in [0.717, 1.165) is 35.9 Å². The standard InChI is InChI=1S/C19H20FNO4/c1-2-11-25-15-7-3-13(4-8-15)5-10-18(22)21-17-12-14(19(23)24)6-9-16(17)20/h3-4,6-9,12H,2,5,10-11H2,1H3,(H,21,22)(H,23,24). The molecule has 0 saturated carbocycles. The van der Waals surface area contributed by atoms with E-state index in [9.17, 15) is 14.0 Å². The van der Waals surface area contributed by atoms with Gasteiger partial charge in [0.2, 0.25) is 5.91 Å². The molecule has 0 heterocycles. The number of carbonyl (C=O) groups is 2. The van der Waals surface area contributed by atoms with Gasteiger partial charge in [-0.3, -0.25) is 4.79 Å². The van der Waals surface area contributed by atoms with Crippen LogP contribution in [0.2, 0.25) is 0 Å². The van der Waals surface area contributed by atoms with Gasteiger partial charge in [0.25, 0.3) is 0 Å². The number of anilines is 1. The average Bonchev–Trinajstić information content (AvgIpc) is 2.60. The van der Waals surface area contributed by atoms with Crippen molar-refractivity contribution in [1.82, 2.24) is 0 Å². The van der Waals surface area contributed by atoms with Crippen LogP contribution in [0.15, 0.2) is 42.5 Å². The normalized spacial score (nSPS) is 10.3. The molecule has 0 aliphatic rings. The predicted octanol–water partition coefficient (Wildman–Crippen LogP) is 3.88. The highest BCUT2D eigenvalue weighted by Gasteiger charge is 2.11. The highest BCUT2D eigenvalue weighted by molar-refractivity contribution is 5.94. The molecule has 0 atom stereocenters. The molecule has 0 unspecified atom stereocenters. The third-order valence-electron chi connectivity index (χ3n) is 3.52. The summed E-state index contributed by atoms with van der Waals surface area (Å²) in [5.41, 5.74) is 0.742. The van der Waals surface area contributed by atoms with Crippen LogP contribution in [0.4, 0.5) is 10.1 Å². The van der Waals surface area contributed by atoms with Crippen molar-refractivity contribution in [2.75, 3.05) is 11.9 Å². The minimum Gasteiger partial charge on any atom is -0.494 e. The highest BCUT2D eigenvalue weighted by atomic mass is 19.1. The first-order chi connectivity index (χ1) is 12.0. The van der Waals surface area contributed by atoms with Crippen molar-refractivity contribution in [2.45, 2.75) is 26.2 Å². The third kappa shape index (κ3) is 5.60. The molecule has 0 spiro atoms. The molecular weight excluding hydrogens is 325 g/mol. The van der Waals surface area contributed by atoms with Crippen LogP contribution in [-0.4, -0.2) is 23.6 Å². The first-order valence-corrected chi connectivity index (χ1v) is 8.04. The molecule has 0 fully saturated rings. The number of halogens is 1. The Labute approximate surface area is 145 Å². The Balaban J connectivity index is 1.90. The van der Waals surface area contributed by atoms with E-state index in [1.165, 1.54) is 0 Å². The zero-order chi connectivity index (χ0) is 18.2. The SMILES string of the molecule is CCCOc1ccc(CCC(=O)Nc2cc(C(=O)O)ccc2F)cc1. The van der Waals surface area contributed by atoms with Gasteiger partial charge in [-0.2, -0.15) is 0 Å². The van der Waals surface area contributed by atoms with Crippen LogP contribution in [0, 0.1) is 5.82 Å². The topological polar surface area (TPSA) is 75.6 Å². The highest BCUT2D eigenvalue weighted by Crippen LogP contribution is 2.18. The summed E-state index contributed by atoms with van der Waals surface area (Å²) < 4.78 is 19.2. The van der Waals surface area contributed by atoms with Crippen LogP contribution in [0.3, 0.4) is 0 Å². The van der Waals surface area contributed by atoms with E-state index in [-0.39, 0.29) is 23.6 Å². The Morgan fingerprint density at radius 3 is 2.52 bits per heavy atom. The molecule has 5 nitrogen and oxygen atoms in total. The smallest absolute Gasteiger partial charge is 0.335 e. The Hall–Kier alpha value is -2.89. The Morgan fingerprint density at radius 2 is 1.88 bits per heavy atom. The van der Waals surface area contributed by atoms with Crippen molar-refractivity contribution < 1.29 is 23.8 Å². The molecular formula is C19H20FNO4. The monoisotopic (exact) mass is 345 g/mol. The summed E-state index contributed by atoms with van der Waals surface area (Å²) in [6.45, 7) is 2.69. The molecule has 6 heteroatoms. The van der Waals surface area contributed by atoms with Gasteiger partial charge in [-0.1, -0.05) is 19.1 Å². The summed E-state index contributed by atoms with van der Waals surface area (Å²) >= 11 is 0. The van der Waals surface area contributed by atoms with Crippen molar-refractivity contribution in [3.63, 3.8) is 0 Å². The number of rotatable bonds is 8. The fraction of sp³-hybridized carbons (Fsp3) is 0.263. The number of aryl methyl sites for hydroxylation is 1. The van der Waals surface area contributed by atoms with Crippen molar-refractivity contribution >= 4 is 17.6 Å². The maximum atomic E-state index is 13.7. The van der Waals surface area contributed by atoms with Gasteiger partial charge in [-0.05, 0) is 48.7 Å². The van der Waals surface area contributed by atoms with Crippen LogP contribution in [0.1, 0.15) is 35.7 Å². The minimum atomic E-state index is -1.18. The van der Waals surface area contributed by atoms with E-state index in [1.807, 2.05) is 31.2 Å². The molecule has 0 radical (unpaired) electrons. The molecule has 0 aliphatic heterocycles. The van der Waals surface area contributed by atoms with Crippen LogP contribution < -0.4 is 10.1 Å². The van der Waals surface area contributed by atoms with E-state index in [4.69, 9.17) is 9.84 Å². The molecule has 0 saturated heterocycles. The summed E-state index contributed by atoms with van der Waals surface area (Å²) in [5, 5.41) is 11.3. The number of carboxylic acid groups (broad SMARTS) is 1. The van der Waals surface area contributed by atoms with Gasteiger partial charge in [0.15, 0.2) is 0 Å². The Morgan fingerprint density at radius 1 is 1.16 bits per heavy atom. The zero-order valence-electron chi connectivity index (χ0n) is 13.9. The van der Waals surface area contributed by atoms with Gasteiger partial charge in [0.05, 0.1) is 17.9 Å². The molecule has 0 bridgehead atoms. The van der Waals surface area contributed by atoms with Crippen molar-refractivity contribution in [3.8, 4) is 5.75 Å². The molecule has 0 aliphatic carbocycles. The summed E-state index contributed by atoms with van der Waals surface area (Å²) in [7, 11) is 0. The summed E-state index contributed by atoms with van der Waals surface area (Å²) in [4.78, 5) is 22.9. The quantitative estimate of drug-likeness (QED) is 0.761. The van der Waals surface area contributed by atoms with Crippen LogP contribution in [0.25, 0.3) is 0 Å². The van der Waals surface area contributed by atoms with E-state index < -0.39 is 11.8 Å². The van der Waals surface area contributed by atoms with Crippen LogP contribution in [-0.2, 0) is 11.2 Å². The van der Waals surface area contributed by atoms with Gasteiger partial charge in [0, 0.05) is 6.42 Å². The van der Waals surface area contributed by atoms with E-state index >= 15 is 0 Å². The number of amides is 1. The van der Waals surface area contributed by atoms with Crippen LogP contribution >= 0.6 is 0 Å². The van der Waals surface area contributed by atoms with E-state index in [1.54, 1.807) is 0 Å². The lowest BCUT2D eigenvalue weighted by Crippen LogP contribution is -2.14. The maximum absolute atomic E-state index is 13.7. The number of ether oxygens (including phenoxy) is 1. The van der Waals surface area contributed by atoms with E-state index in [2.05, 4.69) is 5.32 Å². The number of carbonyl (C=O) groups excluding carboxylic acids is 1. The van der Waals surface area contributed by atoms with Gasteiger partial charge >= 0.3 is 5.97 Å². The zero-order valence-corrected chi connectivity index (χ0v) is 13.9. The lowest BCUT2D eigenvalue weighted by molar-refractivity contribution is -0.116. The maximum Gasteiger partial charge on any atom is 0.335 e. The van der Waals surface area contributed by atoms with Crippen molar-refractivity contribution in [2.24, 2.45) is 0 Å². The van der Waals surface area contributed by atoms with Crippen molar-refractivity contribution in [1.29, 1.82) is 0 Å². The number of carboxylic acids is 1. The minimum absolute atomic E-state index is 0.0839. The van der Waals surface area contributed by atoms with Gasteiger partial charge < -0.3 is 15.2 Å². The van der Waals surface area contributed by atoms with Gasteiger partial charge in [0.1, 0.15) is 11.6 Å². The number of nitrogens with one attached hydrogen (secondary N) is 1. The lowest BCUT2D eigenvalue weighted by atomic mass is 10.1. The largest absolute Gasteiger partial charge is 0.494 e. The number of aromatic carboxylic acids is 1. The second-order valence-electron chi connectivity index (χ2n) is 5.54. The third-order valence-corrected chi connectivity index (χ3v) is 3.52. The Kier molecular flexibility index (Phi) is 6.51. The van der Waals surface area contributed by atoms with Gasteiger partial charge in [-0.25, -0.2) is 9.18 Å². The molecule has 2 N–H and O–H groups in total. The van der Waals surface area contributed by atoms with E-state index in [0.29, 0.717) is 13.0 Å². The second kappa shape index (κ2) is 8.82. The molecule has 2 aromatic rings. The lowest BCUT2D eigenvalue weighted by Gasteiger charge is -2.08. The summed E-state index contributed by atoms with van der Waals surface area (Å²) in [6, 6.07) is 10.7. The molecule has 0 aromatic heterocycles. The van der Waals surface area contributed by atoms with Crippen LogP contribution in [0.5, 0.6) is 5.75 Å². The molecule has 2 aromatic carbocycles. The second-order valence-corrected chi connectivity index (χ2v) is 5.54. The van der Waals surface area contributed by atoms with Crippen molar-refractivity contribution in [3.05, 3.63) is 59.4 Å². The predicted molar refractivity (Wildman–Crippen MR) is 92.5 cm³/mol. The fourth-order valence-electron chi connectivity index (χ4n) is 2.20. The molecule has 25 heavy (non-hydrogen) atoms. The number of hydrogen-bond donors (Lipinski definition) is 2. The Bertz CT molecular complexity index is 744. The first kappa shape index (κ1) is 18.4. The first-order valence-electron chi connectivity index (χ1n) is 8.04. The summed E-state index contributed by atoms with van der Waals surface area (Å²) in [5.74, 6) is -1.45.